The minimum absolute atomic E-state index is 0.225. The van der Waals surface area contributed by atoms with Crippen molar-refractivity contribution in [2.45, 2.75) is 13.0 Å². The molecule has 24 heavy (non-hydrogen) atoms. The molecule has 3 aromatic rings. The second-order valence-electron chi connectivity index (χ2n) is 5.04. The number of anilines is 1. The highest BCUT2D eigenvalue weighted by Gasteiger charge is 2.20. The van der Waals surface area contributed by atoms with Gasteiger partial charge in [-0.25, -0.2) is 4.68 Å². The number of rotatable bonds is 6. The maximum absolute atomic E-state index is 12.6. The Hall–Kier alpha value is -3.06. The van der Waals surface area contributed by atoms with Crippen molar-refractivity contribution in [1.82, 2.24) is 20.2 Å². The number of benzene rings is 2. The molecule has 0 bridgehead atoms. The van der Waals surface area contributed by atoms with Crippen molar-refractivity contribution >= 4 is 11.6 Å². The summed E-state index contributed by atoms with van der Waals surface area (Å²) in [6.07, 6.45) is 0.835. The quantitative estimate of drug-likeness (QED) is 0.753. The van der Waals surface area contributed by atoms with Crippen LogP contribution in [-0.2, 0) is 9.53 Å². The third kappa shape index (κ3) is 3.64. The lowest BCUT2D eigenvalue weighted by Gasteiger charge is -2.17. The van der Waals surface area contributed by atoms with Gasteiger partial charge in [-0.2, -0.15) is 0 Å². The number of carbonyl (C=O) groups excluding carboxylic acids is 1. The Kier molecular flexibility index (Phi) is 4.93. The molecule has 2 aromatic carbocycles. The number of tetrazole rings is 1. The van der Waals surface area contributed by atoms with E-state index in [0.29, 0.717) is 12.3 Å². The summed E-state index contributed by atoms with van der Waals surface area (Å²) in [5.74, 6) is -0.225. The van der Waals surface area contributed by atoms with Gasteiger partial charge < -0.3 is 10.1 Å². The minimum atomic E-state index is -0.659. The smallest absolute Gasteiger partial charge is 0.258 e. The Morgan fingerprint density at radius 1 is 1.21 bits per heavy atom. The number of hydrogen-bond donors (Lipinski definition) is 1. The zero-order valence-electron chi connectivity index (χ0n) is 13.2. The molecule has 1 amide bonds. The fraction of sp³-hybridized carbons (Fsp3) is 0.176. The summed E-state index contributed by atoms with van der Waals surface area (Å²) in [7, 11) is 0. The molecule has 0 radical (unpaired) electrons. The van der Waals surface area contributed by atoms with E-state index in [1.807, 2.05) is 49.4 Å². The molecule has 0 aliphatic rings. The van der Waals surface area contributed by atoms with Gasteiger partial charge in [0.25, 0.3) is 5.91 Å². The fourth-order valence-corrected chi connectivity index (χ4v) is 2.33. The Bertz CT molecular complexity index is 790. The highest BCUT2D eigenvalue weighted by molar-refractivity contribution is 5.95. The largest absolute Gasteiger partial charge is 0.364 e. The number of ether oxygens (including phenoxy) is 1. The van der Waals surface area contributed by atoms with Crippen LogP contribution in [0.1, 0.15) is 18.6 Å². The van der Waals surface area contributed by atoms with E-state index in [1.165, 1.54) is 11.0 Å². The molecule has 0 aliphatic heterocycles. The van der Waals surface area contributed by atoms with Crippen LogP contribution in [0.4, 0.5) is 5.69 Å². The minimum Gasteiger partial charge on any atom is -0.364 e. The molecule has 1 aromatic heterocycles. The summed E-state index contributed by atoms with van der Waals surface area (Å²) in [5.41, 5.74) is 2.22. The Morgan fingerprint density at radius 3 is 2.75 bits per heavy atom. The van der Waals surface area contributed by atoms with E-state index in [-0.39, 0.29) is 5.91 Å². The van der Waals surface area contributed by atoms with E-state index >= 15 is 0 Å². The van der Waals surface area contributed by atoms with Gasteiger partial charge in [0, 0.05) is 12.3 Å². The third-order valence-electron chi connectivity index (χ3n) is 3.40. The zero-order chi connectivity index (χ0) is 16.8. The lowest BCUT2D eigenvalue weighted by Crippen LogP contribution is -2.23. The second kappa shape index (κ2) is 7.47. The van der Waals surface area contributed by atoms with E-state index in [1.54, 1.807) is 12.1 Å². The van der Waals surface area contributed by atoms with Gasteiger partial charge in [0.05, 0.1) is 5.69 Å². The molecular formula is C17H17N5O2. The first-order valence-corrected chi connectivity index (χ1v) is 7.59. The van der Waals surface area contributed by atoms with Gasteiger partial charge in [0.15, 0.2) is 6.10 Å². The lowest BCUT2D eigenvalue weighted by atomic mass is 10.1. The van der Waals surface area contributed by atoms with Crippen molar-refractivity contribution in [2.75, 3.05) is 11.9 Å². The Balaban J connectivity index is 1.79. The SMILES string of the molecule is CCO[C@@H](C(=O)Nc1cccc(-n2cnnn2)c1)c1ccccc1. The van der Waals surface area contributed by atoms with Crippen molar-refractivity contribution in [3.63, 3.8) is 0 Å². The molecule has 0 spiro atoms. The predicted octanol–water partition coefficient (Wildman–Crippen LogP) is 2.38. The van der Waals surface area contributed by atoms with E-state index in [4.69, 9.17) is 4.74 Å². The molecular weight excluding hydrogens is 306 g/mol. The zero-order valence-corrected chi connectivity index (χ0v) is 13.2. The molecule has 0 unspecified atom stereocenters. The highest BCUT2D eigenvalue weighted by atomic mass is 16.5. The van der Waals surface area contributed by atoms with Gasteiger partial charge in [-0.15, -0.1) is 5.10 Å². The van der Waals surface area contributed by atoms with Crippen molar-refractivity contribution < 1.29 is 9.53 Å². The van der Waals surface area contributed by atoms with Gasteiger partial charge in [-0.1, -0.05) is 36.4 Å². The van der Waals surface area contributed by atoms with E-state index < -0.39 is 6.10 Å². The monoisotopic (exact) mass is 323 g/mol. The molecule has 122 valence electrons. The highest BCUT2D eigenvalue weighted by Crippen LogP contribution is 2.21. The number of carbonyl (C=O) groups is 1. The van der Waals surface area contributed by atoms with Gasteiger partial charge in [0.2, 0.25) is 0 Å². The molecule has 3 rings (SSSR count). The summed E-state index contributed by atoms with van der Waals surface area (Å²) < 4.78 is 7.14. The number of hydrogen-bond acceptors (Lipinski definition) is 5. The van der Waals surface area contributed by atoms with E-state index in [9.17, 15) is 4.79 Å². The molecule has 0 fully saturated rings. The number of nitrogens with one attached hydrogen (secondary N) is 1. The van der Waals surface area contributed by atoms with Gasteiger partial charge in [-0.05, 0) is 41.1 Å². The van der Waals surface area contributed by atoms with Crippen LogP contribution in [0.15, 0.2) is 60.9 Å². The molecule has 7 heteroatoms. The Morgan fingerprint density at radius 2 is 2.04 bits per heavy atom. The van der Waals surface area contributed by atoms with Gasteiger partial charge in [-0.3, -0.25) is 4.79 Å². The number of nitrogens with zero attached hydrogens (tertiary/aromatic N) is 4. The molecule has 1 atom stereocenters. The maximum atomic E-state index is 12.6. The average Bonchev–Trinajstić information content (AvgIpc) is 3.15. The predicted molar refractivity (Wildman–Crippen MR) is 88.6 cm³/mol. The first kappa shape index (κ1) is 15.8. The molecule has 0 saturated heterocycles. The summed E-state index contributed by atoms with van der Waals surface area (Å²) in [5, 5.41) is 13.9. The lowest BCUT2D eigenvalue weighted by molar-refractivity contribution is -0.127. The molecule has 1 N–H and O–H groups in total. The van der Waals surface area contributed by atoms with Crippen LogP contribution in [0.5, 0.6) is 0 Å². The third-order valence-corrected chi connectivity index (χ3v) is 3.40. The average molecular weight is 323 g/mol. The van der Waals surface area contributed by atoms with Crippen LogP contribution in [0, 0.1) is 0 Å². The molecule has 0 aliphatic carbocycles. The van der Waals surface area contributed by atoms with Gasteiger partial charge in [0.1, 0.15) is 6.33 Å². The van der Waals surface area contributed by atoms with E-state index in [2.05, 4.69) is 20.8 Å². The number of amides is 1. The van der Waals surface area contributed by atoms with Gasteiger partial charge >= 0.3 is 0 Å². The van der Waals surface area contributed by atoms with Crippen LogP contribution < -0.4 is 5.32 Å². The van der Waals surface area contributed by atoms with Crippen molar-refractivity contribution in [3.05, 3.63) is 66.5 Å². The molecule has 0 saturated carbocycles. The van der Waals surface area contributed by atoms with Crippen LogP contribution in [0.3, 0.4) is 0 Å². The topological polar surface area (TPSA) is 81.9 Å². The van der Waals surface area contributed by atoms with Crippen LogP contribution in [0.25, 0.3) is 5.69 Å². The molecule has 7 nitrogen and oxygen atoms in total. The summed E-state index contributed by atoms with van der Waals surface area (Å²) in [6, 6.07) is 16.7. The van der Waals surface area contributed by atoms with Crippen molar-refractivity contribution in [2.24, 2.45) is 0 Å². The summed E-state index contributed by atoms with van der Waals surface area (Å²) in [6.45, 7) is 2.30. The second-order valence-corrected chi connectivity index (χ2v) is 5.04. The first-order valence-electron chi connectivity index (χ1n) is 7.59. The standard InChI is InChI=1S/C17H17N5O2/c1-2-24-16(13-7-4-3-5-8-13)17(23)19-14-9-6-10-15(11-14)22-12-18-20-21-22/h3-12,16H,2H2,1H3,(H,19,23)/t16-/m1/s1. The summed E-state index contributed by atoms with van der Waals surface area (Å²) >= 11 is 0. The fourth-order valence-electron chi connectivity index (χ4n) is 2.33. The van der Waals surface area contributed by atoms with Crippen LogP contribution in [-0.4, -0.2) is 32.7 Å². The van der Waals surface area contributed by atoms with E-state index in [0.717, 1.165) is 11.3 Å². The van der Waals surface area contributed by atoms with Crippen molar-refractivity contribution in [1.29, 1.82) is 0 Å². The normalized spacial score (nSPS) is 11.9. The summed E-state index contributed by atoms with van der Waals surface area (Å²) in [4.78, 5) is 12.6. The molecule has 1 heterocycles. The first-order chi connectivity index (χ1) is 11.8. The van der Waals surface area contributed by atoms with Crippen LogP contribution in [0.2, 0.25) is 0 Å². The maximum Gasteiger partial charge on any atom is 0.258 e. The van der Waals surface area contributed by atoms with Crippen LogP contribution >= 0.6 is 0 Å². The van der Waals surface area contributed by atoms with Crippen molar-refractivity contribution in [3.8, 4) is 5.69 Å². The number of aromatic nitrogens is 4. The Labute approximate surface area is 139 Å².